The fourth-order valence-electron chi connectivity index (χ4n) is 1.57. The second-order valence-corrected chi connectivity index (χ2v) is 4.77. The molecule has 16 heavy (non-hydrogen) atoms. The maximum atomic E-state index is 11.7. The first-order chi connectivity index (χ1) is 7.65. The molecule has 0 fully saturated rings. The van der Waals surface area contributed by atoms with Crippen molar-refractivity contribution in [1.29, 1.82) is 0 Å². The van der Waals surface area contributed by atoms with E-state index in [-0.39, 0.29) is 11.9 Å². The van der Waals surface area contributed by atoms with E-state index in [1.165, 1.54) is 18.1 Å². The van der Waals surface area contributed by atoms with E-state index >= 15 is 0 Å². The number of hydrogen-bond donors (Lipinski definition) is 0. The lowest BCUT2D eigenvalue weighted by Crippen LogP contribution is -2.19. The van der Waals surface area contributed by atoms with Gasteiger partial charge in [0, 0.05) is 0 Å². The molecule has 0 radical (unpaired) electrons. The predicted molar refractivity (Wildman–Crippen MR) is 68.9 cm³/mol. The Labute approximate surface area is 103 Å². The molecular formula is C10H10N2O2S2. The lowest BCUT2D eigenvalue weighted by Gasteiger charge is -2.12. The van der Waals surface area contributed by atoms with E-state index in [2.05, 4.69) is 9.98 Å². The van der Waals surface area contributed by atoms with Gasteiger partial charge in [0.25, 0.3) is 0 Å². The molecule has 2 heterocycles. The third kappa shape index (κ3) is 1.82. The van der Waals surface area contributed by atoms with E-state index < -0.39 is 0 Å². The minimum Gasteiger partial charge on any atom is -0.462 e. The molecule has 0 amide bonds. The summed E-state index contributed by atoms with van der Waals surface area (Å²) >= 11 is 6.48. The molecule has 2 rings (SSSR count). The number of thiocarbonyl (C=S) groups is 1. The SMILES string of the molecule is CCOC(=O)C1=C(C)C2C(=S)N=CN=C2S1. The van der Waals surface area contributed by atoms with Crippen LogP contribution in [0.25, 0.3) is 0 Å². The smallest absolute Gasteiger partial charge is 0.344 e. The highest BCUT2D eigenvalue weighted by Crippen LogP contribution is 2.40. The van der Waals surface area contributed by atoms with Crippen LogP contribution in [0.3, 0.4) is 0 Å². The number of carbonyl (C=O) groups excluding carboxylic acids is 1. The topological polar surface area (TPSA) is 51.0 Å². The summed E-state index contributed by atoms with van der Waals surface area (Å²) in [5, 5.41) is 0.820. The van der Waals surface area contributed by atoms with Crippen LogP contribution in [0.5, 0.6) is 0 Å². The number of carbonyl (C=O) groups is 1. The fourth-order valence-corrected chi connectivity index (χ4v) is 3.12. The number of hydrogen-bond acceptors (Lipinski definition) is 5. The molecule has 6 heteroatoms. The summed E-state index contributed by atoms with van der Waals surface area (Å²) in [7, 11) is 0. The summed E-state index contributed by atoms with van der Waals surface area (Å²) in [4.78, 5) is 20.9. The molecule has 0 bridgehead atoms. The summed E-state index contributed by atoms with van der Waals surface area (Å²) in [5.41, 5.74) is 0.893. The first-order valence-electron chi connectivity index (χ1n) is 4.85. The average Bonchev–Trinajstić information content (AvgIpc) is 2.58. The first-order valence-corrected chi connectivity index (χ1v) is 6.07. The number of nitrogens with zero attached hydrogens (tertiary/aromatic N) is 2. The first kappa shape index (κ1) is 11.5. The minimum absolute atomic E-state index is 0.107. The van der Waals surface area contributed by atoms with Crippen LogP contribution < -0.4 is 0 Å². The summed E-state index contributed by atoms with van der Waals surface area (Å²) in [6, 6.07) is 0. The van der Waals surface area contributed by atoms with Crippen LogP contribution in [0.15, 0.2) is 20.5 Å². The normalized spacial score (nSPS) is 23.2. The van der Waals surface area contributed by atoms with Gasteiger partial charge < -0.3 is 4.74 Å². The van der Waals surface area contributed by atoms with Gasteiger partial charge in [-0.15, -0.1) is 0 Å². The standard InChI is InChI=1S/C10H10N2O2S2/c1-3-14-10(13)7-5(2)6-8(15)11-4-12-9(6)16-7/h4,6H,3H2,1-2H3. The van der Waals surface area contributed by atoms with Crippen molar-refractivity contribution >= 4 is 46.3 Å². The van der Waals surface area contributed by atoms with Crippen LogP contribution in [0, 0.1) is 5.92 Å². The monoisotopic (exact) mass is 254 g/mol. The Morgan fingerprint density at radius 3 is 3.06 bits per heavy atom. The number of rotatable bonds is 2. The van der Waals surface area contributed by atoms with Crippen molar-refractivity contribution in [3.8, 4) is 0 Å². The predicted octanol–water partition coefficient (Wildman–Crippen LogP) is 1.95. The Morgan fingerprint density at radius 2 is 2.44 bits per heavy atom. The van der Waals surface area contributed by atoms with E-state index in [0.717, 1.165) is 10.6 Å². The molecule has 0 spiro atoms. The zero-order valence-electron chi connectivity index (χ0n) is 8.89. The Bertz CT molecular complexity index is 452. The van der Waals surface area contributed by atoms with Crippen molar-refractivity contribution in [2.45, 2.75) is 13.8 Å². The van der Waals surface area contributed by atoms with Gasteiger partial charge in [-0.2, -0.15) is 0 Å². The molecular weight excluding hydrogens is 244 g/mol. The van der Waals surface area contributed by atoms with Crippen LogP contribution in [0.4, 0.5) is 0 Å². The number of aliphatic imine (C=N–C) groups is 2. The minimum atomic E-state index is -0.301. The van der Waals surface area contributed by atoms with Gasteiger partial charge in [-0.1, -0.05) is 24.0 Å². The molecule has 0 aromatic rings. The molecule has 4 nitrogen and oxygen atoms in total. The van der Waals surface area contributed by atoms with E-state index in [1.54, 1.807) is 6.92 Å². The van der Waals surface area contributed by atoms with Gasteiger partial charge in [0.2, 0.25) is 0 Å². The van der Waals surface area contributed by atoms with Gasteiger partial charge in [0.05, 0.1) is 22.5 Å². The highest BCUT2D eigenvalue weighted by atomic mass is 32.2. The van der Waals surface area contributed by atoms with Crippen molar-refractivity contribution in [2.24, 2.45) is 15.9 Å². The zero-order chi connectivity index (χ0) is 11.7. The third-order valence-corrected chi connectivity index (χ3v) is 3.91. The summed E-state index contributed by atoms with van der Waals surface area (Å²) in [6.07, 6.45) is 1.43. The van der Waals surface area contributed by atoms with E-state index in [1.807, 2.05) is 6.92 Å². The summed E-state index contributed by atoms with van der Waals surface area (Å²) in [6.45, 7) is 4.03. The quantitative estimate of drug-likeness (QED) is 0.558. The maximum absolute atomic E-state index is 11.7. The lowest BCUT2D eigenvalue weighted by molar-refractivity contribution is -0.137. The molecule has 0 saturated heterocycles. The van der Waals surface area contributed by atoms with Crippen molar-refractivity contribution in [3.05, 3.63) is 10.5 Å². The van der Waals surface area contributed by atoms with Crippen LogP contribution in [0.1, 0.15) is 13.8 Å². The molecule has 2 aliphatic rings. The zero-order valence-corrected chi connectivity index (χ0v) is 10.5. The van der Waals surface area contributed by atoms with Gasteiger partial charge in [-0.05, 0) is 19.4 Å². The number of thioether (sulfide) groups is 1. The van der Waals surface area contributed by atoms with Crippen molar-refractivity contribution in [3.63, 3.8) is 0 Å². The van der Waals surface area contributed by atoms with E-state index in [4.69, 9.17) is 17.0 Å². The molecule has 0 aromatic heterocycles. The van der Waals surface area contributed by atoms with Crippen LogP contribution in [-0.2, 0) is 9.53 Å². The summed E-state index contributed by atoms with van der Waals surface area (Å²) in [5.74, 6) is -0.408. The Kier molecular flexibility index (Phi) is 3.20. The second kappa shape index (κ2) is 4.47. The highest BCUT2D eigenvalue weighted by molar-refractivity contribution is 8.18. The fraction of sp³-hybridized carbons (Fsp3) is 0.400. The molecule has 0 N–H and O–H groups in total. The average molecular weight is 254 g/mol. The second-order valence-electron chi connectivity index (χ2n) is 3.32. The third-order valence-electron chi connectivity index (χ3n) is 2.32. The molecule has 1 atom stereocenters. The Morgan fingerprint density at radius 1 is 1.69 bits per heavy atom. The maximum Gasteiger partial charge on any atom is 0.344 e. The largest absolute Gasteiger partial charge is 0.462 e. The van der Waals surface area contributed by atoms with Gasteiger partial charge >= 0.3 is 5.97 Å². The lowest BCUT2D eigenvalue weighted by atomic mass is 10.0. The molecule has 1 unspecified atom stereocenters. The van der Waals surface area contributed by atoms with Crippen molar-refractivity contribution < 1.29 is 9.53 Å². The van der Waals surface area contributed by atoms with Gasteiger partial charge in [-0.3, -0.25) is 0 Å². The molecule has 0 aliphatic carbocycles. The van der Waals surface area contributed by atoms with Crippen LogP contribution >= 0.6 is 24.0 Å². The van der Waals surface area contributed by atoms with Crippen molar-refractivity contribution in [1.82, 2.24) is 0 Å². The molecule has 2 aliphatic heterocycles. The van der Waals surface area contributed by atoms with E-state index in [0.29, 0.717) is 16.5 Å². The van der Waals surface area contributed by atoms with Crippen LogP contribution in [0.2, 0.25) is 0 Å². The Hall–Kier alpha value is -1.01. The van der Waals surface area contributed by atoms with Crippen molar-refractivity contribution in [2.75, 3.05) is 6.61 Å². The number of fused-ring (bicyclic) bond motifs is 1. The Balaban J connectivity index is 2.30. The molecule has 84 valence electrons. The van der Waals surface area contributed by atoms with E-state index in [9.17, 15) is 4.79 Å². The molecule has 0 saturated carbocycles. The van der Waals surface area contributed by atoms with Gasteiger partial charge in [0.15, 0.2) is 0 Å². The van der Waals surface area contributed by atoms with Gasteiger partial charge in [-0.25, -0.2) is 14.8 Å². The summed E-state index contributed by atoms with van der Waals surface area (Å²) < 4.78 is 4.98. The van der Waals surface area contributed by atoms with Crippen LogP contribution in [-0.4, -0.2) is 28.9 Å². The van der Waals surface area contributed by atoms with Gasteiger partial charge in [0.1, 0.15) is 11.3 Å². The molecule has 0 aromatic carbocycles. The number of esters is 1. The number of ether oxygens (including phenoxy) is 1. The highest BCUT2D eigenvalue weighted by Gasteiger charge is 2.37.